The standard InChI is InChI=1S/C21H27N3O5/c1-14(25)24-16-6-8-18(27-2)17(12-16)23-13-21(26)22-10-9-15-5-7-19(28-3)20(11-15)29-4/h5-8,11-12,23H,9-10,13H2,1-4H3,(H,22,26)(H,24,25). The number of ether oxygens (including phenoxy) is 3. The molecule has 0 unspecified atom stereocenters. The second-order valence-corrected chi connectivity index (χ2v) is 6.24. The van der Waals surface area contributed by atoms with Gasteiger partial charge >= 0.3 is 0 Å². The van der Waals surface area contributed by atoms with Gasteiger partial charge in [0, 0.05) is 19.2 Å². The van der Waals surface area contributed by atoms with Gasteiger partial charge in [-0.3, -0.25) is 9.59 Å². The number of amides is 2. The van der Waals surface area contributed by atoms with Crippen LogP contribution in [-0.4, -0.2) is 46.2 Å². The van der Waals surface area contributed by atoms with Crippen molar-refractivity contribution < 1.29 is 23.8 Å². The van der Waals surface area contributed by atoms with Crippen LogP contribution in [0, 0.1) is 0 Å². The van der Waals surface area contributed by atoms with E-state index >= 15 is 0 Å². The van der Waals surface area contributed by atoms with Crippen LogP contribution in [0.4, 0.5) is 11.4 Å². The van der Waals surface area contributed by atoms with Crippen molar-refractivity contribution in [3.63, 3.8) is 0 Å². The molecule has 3 N–H and O–H groups in total. The SMILES string of the molecule is COc1ccc(NC(C)=O)cc1NCC(=O)NCCc1ccc(OC)c(OC)c1. The Labute approximate surface area is 170 Å². The molecule has 29 heavy (non-hydrogen) atoms. The molecule has 0 aliphatic carbocycles. The Morgan fingerprint density at radius 2 is 1.59 bits per heavy atom. The molecule has 0 aromatic heterocycles. The van der Waals surface area contributed by atoms with Gasteiger partial charge in [-0.15, -0.1) is 0 Å². The summed E-state index contributed by atoms with van der Waals surface area (Å²) in [5.74, 6) is 1.58. The number of hydrogen-bond acceptors (Lipinski definition) is 6. The van der Waals surface area contributed by atoms with Gasteiger partial charge in [0.1, 0.15) is 5.75 Å². The minimum atomic E-state index is -0.172. The van der Waals surface area contributed by atoms with E-state index in [1.54, 1.807) is 39.5 Å². The fraction of sp³-hybridized carbons (Fsp3) is 0.333. The van der Waals surface area contributed by atoms with Gasteiger partial charge in [0.05, 0.1) is 33.6 Å². The zero-order chi connectivity index (χ0) is 21.2. The summed E-state index contributed by atoms with van der Waals surface area (Å²) in [4.78, 5) is 23.4. The van der Waals surface area contributed by atoms with Crippen LogP contribution >= 0.6 is 0 Å². The maximum Gasteiger partial charge on any atom is 0.239 e. The molecule has 0 radical (unpaired) electrons. The highest BCUT2D eigenvalue weighted by Crippen LogP contribution is 2.28. The van der Waals surface area contributed by atoms with Crippen molar-refractivity contribution in [2.75, 3.05) is 45.1 Å². The lowest BCUT2D eigenvalue weighted by atomic mass is 10.1. The van der Waals surface area contributed by atoms with Crippen molar-refractivity contribution in [2.24, 2.45) is 0 Å². The van der Waals surface area contributed by atoms with Crippen molar-refractivity contribution in [1.82, 2.24) is 5.32 Å². The molecule has 2 rings (SSSR count). The quantitative estimate of drug-likeness (QED) is 0.566. The van der Waals surface area contributed by atoms with Crippen LogP contribution in [0.1, 0.15) is 12.5 Å². The molecule has 0 saturated heterocycles. The number of nitrogens with one attached hydrogen (secondary N) is 3. The molecular formula is C21H27N3O5. The second-order valence-electron chi connectivity index (χ2n) is 6.24. The summed E-state index contributed by atoms with van der Waals surface area (Å²) in [5.41, 5.74) is 2.27. The predicted octanol–water partition coefficient (Wildman–Crippen LogP) is 2.44. The summed E-state index contributed by atoms with van der Waals surface area (Å²) in [6, 6.07) is 10.8. The number of carbonyl (C=O) groups is 2. The highest BCUT2D eigenvalue weighted by molar-refractivity contribution is 5.90. The van der Waals surface area contributed by atoms with E-state index in [0.29, 0.717) is 41.6 Å². The van der Waals surface area contributed by atoms with Gasteiger partial charge in [-0.05, 0) is 42.3 Å². The summed E-state index contributed by atoms with van der Waals surface area (Å²) in [5, 5.41) is 8.60. The number of methoxy groups -OCH3 is 3. The average molecular weight is 401 g/mol. The number of carbonyl (C=O) groups excluding carboxylic acids is 2. The Bertz CT molecular complexity index is 854. The molecule has 0 spiro atoms. The Morgan fingerprint density at radius 3 is 2.24 bits per heavy atom. The zero-order valence-corrected chi connectivity index (χ0v) is 17.1. The van der Waals surface area contributed by atoms with E-state index in [1.165, 1.54) is 6.92 Å². The maximum atomic E-state index is 12.2. The normalized spacial score (nSPS) is 10.1. The topological polar surface area (TPSA) is 97.9 Å². The van der Waals surface area contributed by atoms with Crippen LogP contribution in [0.3, 0.4) is 0 Å². The smallest absolute Gasteiger partial charge is 0.239 e. The predicted molar refractivity (Wildman–Crippen MR) is 112 cm³/mol. The molecule has 8 nitrogen and oxygen atoms in total. The molecule has 0 heterocycles. The minimum Gasteiger partial charge on any atom is -0.495 e. The minimum absolute atomic E-state index is 0.0752. The van der Waals surface area contributed by atoms with Crippen LogP contribution < -0.4 is 30.2 Å². The van der Waals surface area contributed by atoms with Gasteiger partial charge in [0.2, 0.25) is 11.8 Å². The van der Waals surface area contributed by atoms with Crippen molar-refractivity contribution >= 4 is 23.2 Å². The summed E-state index contributed by atoms with van der Waals surface area (Å²) in [6.07, 6.45) is 0.660. The molecule has 2 amide bonds. The molecule has 0 aliphatic rings. The van der Waals surface area contributed by atoms with Crippen LogP contribution in [-0.2, 0) is 16.0 Å². The summed E-state index contributed by atoms with van der Waals surface area (Å²) < 4.78 is 15.8. The summed E-state index contributed by atoms with van der Waals surface area (Å²) in [6.45, 7) is 1.99. The molecule has 156 valence electrons. The Hall–Kier alpha value is -3.42. The van der Waals surface area contributed by atoms with Gasteiger partial charge < -0.3 is 30.2 Å². The molecule has 8 heteroatoms. The van der Waals surface area contributed by atoms with Gasteiger partial charge in [0.15, 0.2) is 11.5 Å². The van der Waals surface area contributed by atoms with Gasteiger partial charge in [-0.1, -0.05) is 6.07 Å². The van der Waals surface area contributed by atoms with Crippen molar-refractivity contribution in [3.8, 4) is 17.2 Å². The third-order valence-electron chi connectivity index (χ3n) is 4.14. The fourth-order valence-corrected chi connectivity index (χ4v) is 2.75. The molecule has 0 bridgehead atoms. The van der Waals surface area contributed by atoms with Gasteiger partial charge in [0.25, 0.3) is 0 Å². The fourth-order valence-electron chi connectivity index (χ4n) is 2.75. The third-order valence-corrected chi connectivity index (χ3v) is 4.14. The lowest BCUT2D eigenvalue weighted by Crippen LogP contribution is -2.31. The van der Waals surface area contributed by atoms with Crippen molar-refractivity contribution in [1.29, 1.82) is 0 Å². The van der Waals surface area contributed by atoms with Crippen LogP contribution in [0.5, 0.6) is 17.2 Å². The van der Waals surface area contributed by atoms with E-state index in [9.17, 15) is 9.59 Å². The van der Waals surface area contributed by atoms with E-state index in [4.69, 9.17) is 14.2 Å². The van der Waals surface area contributed by atoms with E-state index in [0.717, 1.165) is 5.56 Å². The highest BCUT2D eigenvalue weighted by Gasteiger charge is 2.09. The molecular weight excluding hydrogens is 374 g/mol. The summed E-state index contributed by atoms with van der Waals surface area (Å²) >= 11 is 0. The van der Waals surface area contributed by atoms with Gasteiger partial charge in [-0.25, -0.2) is 0 Å². The lowest BCUT2D eigenvalue weighted by molar-refractivity contribution is -0.119. The monoisotopic (exact) mass is 401 g/mol. The highest BCUT2D eigenvalue weighted by atomic mass is 16.5. The van der Waals surface area contributed by atoms with E-state index < -0.39 is 0 Å². The first-order chi connectivity index (χ1) is 14.0. The molecule has 0 saturated carbocycles. The van der Waals surface area contributed by atoms with E-state index in [-0.39, 0.29) is 18.4 Å². The van der Waals surface area contributed by atoms with Gasteiger partial charge in [-0.2, -0.15) is 0 Å². The molecule has 2 aromatic rings. The molecule has 0 aliphatic heterocycles. The second kappa shape index (κ2) is 10.8. The Kier molecular flexibility index (Phi) is 8.14. The first-order valence-electron chi connectivity index (χ1n) is 9.14. The van der Waals surface area contributed by atoms with E-state index in [2.05, 4.69) is 16.0 Å². The van der Waals surface area contributed by atoms with Crippen LogP contribution in [0.25, 0.3) is 0 Å². The number of anilines is 2. The Morgan fingerprint density at radius 1 is 0.897 bits per heavy atom. The molecule has 0 atom stereocenters. The number of hydrogen-bond donors (Lipinski definition) is 3. The third kappa shape index (κ3) is 6.60. The molecule has 0 fully saturated rings. The van der Waals surface area contributed by atoms with Crippen molar-refractivity contribution in [3.05, 3.63) is 42.0 Å². The number of benzene rings is 2. The van der Waals surface area contributed by atoms with Crippen LogP contribution in [0.15, 0.2) is 36.4 Å². The average Bonchev–Trinajstić information content (AvgIpc) is 2.71. The number of rotatable bonds is 10. The van der Waals surface area contributed by atoms with Crippen molar-refractivity contribution in [2.45, 2.75) is 13.3 Å². The first kappa shape index (κ1) is 21.9. The summed E-state index contributed by atoms with van der Waals surface area (Å²) in [7, 11) is 4.72. The lowest BCUT2D eigenvalue weighted by Gasteiger charge is -2.13. The first-order valence-corrected chi connectivity index (χ1v) is 9.14. The van der Waals surface area contributed by atoms with Crippen LogP contribution in [0.2, 0.25) is 0 Å². The largest absolute Gasteiger partial charge is 0.495 e. The zero-order valence-electron chi connectivity index (χ0n) is 17.1. The van der Waals surface area contributed by atoms with E-state index in [1.807, 2.05) is 18.2 Å². The maximum absolute atomic E-state index is 12.2. The molecule has 2 aromatic carbocycles. The Balaban J connectivity index is 1.86.